The standard InChI is InChI=1S/C15H20N2O/c1-4-10-17(11-5-2)14-9-7-8-13(12-14)16-15(18)6-3/h4-5,7-9,12H,1-2,6,10-11H2,3H3,(H,16,18). The predicted molar refractivity (Wildman–Crippen MR) is 78.0 cm³/mol. The monoisotopic (exact) mass is 244 g/mol. The first-order valence-electron chi connectivity index (χ1n) is 6.08. The molecule has 0 bridgehead atoms. The summed E-state index contributed by atoms with van der Waals surface area (Å²) in [4.78, 5) is 13.5. The number of benzene rings is 1. The quantitative estimate of drug-likeness (QED) is 0.747. The van der Waals surface area contributed by atoms with Crippen LogP contribution in [0.15, 0.2) is 49.6 Å². The third kappa shape index (κ3) is 4.09. The first-order valence-corrected chi connectivity index (χ1v) is 6.08. The molecule has 18 heavy (non-hydrogen) atoms. The summed E-state index contributed by atoms with van der Waals surface area (Å²) in [6, 6.07) is 7.78. The molecule has 3 heteroatoms. The van der Waals surface area contributed by atoms with E-state index in [9.17, 15) is 4.79 Å². The van der Waals surface area contributed by atoms with Gasteiger partial charge in [0.05, 0.1) is 0 Å². The van der Waals surface area contributed by atoms with Gasteiger partial charge < -0.3 is 10.2 Å². The van der Waals surface area contributed by atoms with Gasteiger partial charge in [0.2, 0.25) is 5.91 Å². The molecule has 0 heterocycles. The number of carbonyl (C=O) groups excluding carboxylic acids is 1. The SMILES string of the molecule is C=CCN(CC=C)c1cccc(NC(=O)CC)c1. The Morgan fingerprint density at radius 3 is 2.56 bits per heavy atom. The molecule has 0 aliphatic carbocycles. The minimum Gasteiger partial charge on any atom is -0.364 e. The number of anilines is 2. The molecule has 96 valence electrons. The zero-order valence-corrected chi connectivity index (χ0v) is 10.9. The molecule has 0 spiro atoms. The van der Waals surface area contributed by atoms with Gasteiger partial charge >= 0.3 is 0 Å². The van der Waals surface area contributed by atoms with E-state index in [1.165, 1.54) is 0 Å². The predicted octanol–water partition coefficient (Wildman–Crippen LogP) is 3.21. The summed E-state index contributed by atoms with van der Waals surface area (Å²) in [5.41, 5.74) is 1.86. The molecule has 0 saturated heterocycles. The molecule has 0 unspecified atom stereocenters. The topological polar surface area (TPSA) is 32.3 Å². The minimum absolute atomic E-state index is 0.0196. The van der Waals surface area contributed by atoms with Crippen LogP contribution in [0.3, 0.4) is 0 Å². The van der Waals surface area contributed by atoms with Gasteiger partial charge in [-0.05, 0) is 18.2 Å². The molecular formula is C15H20N2O. The highest BCUT2D eigenvalue weighted by Crippen LogP contribution is 2.19. The third-order valence-electron chi connectivity index (χ3n) is 2.52. The van der Waals surface area contributed by atoms with E-state index in [1.54, 1.807) is 0 Å². The Labute approximate surface area is 109 Å². The second-order valence-electron chi connectivity index (χ2n) is 3.93. The Morgan fingerprint density at radius 2 is 2.00 bits per heavy atom. The fourth-order valence-corrected chi connectivity index (χ4v) is 1.63. The average Bonchev–Trinajstić information content (AvgIpc) is 2.38. The highest BCUT2D eigenvalue weighted by atomic mass is 16.1. The van der Waals surface area contributed by atoms with Gasteiger partial charge in [0.25, 0.3) is 0 Å². The second kappa shape index (κ2) is 7.33. The van der Waals surface area contributed by atoms with Crippen molar-refractivity contribution in [3.8, 4) is 0 Å². The normalized spacial score (nSPS) is 9.61. The minimum atomic E-state index is 0.0196. The van der Waals surface area contributed by atoms with Gasteiger partial charge in [0.1, 0.15) is 0 Å². The molecule has 1 N–H and O–H groups in total. The summed E-state index contributed by atoms with van der Waals surface area (Å²) < 4.78 is 0. The van der Waals surface area contributed by atoms with E-state index in [1.807, 2.05) is 43.3 Å². The zero-order valence-electron chi connectivity index (χ0n) is 10.9. The molecule has 1 aromatic carbocycles. The van der Waals surface area contributed by atoms with Crippen LogP contribution in [0.25, 0.3) is 0 Å². The summed E-state index contributed by atoms with van der Waals surface area (Å²) >= 11 is 0. The van der Waals surface area contributed by atoms with Crippen LogP contribution in [0.5, 0.6) is 0 Å². The lowest BCUT2D eigenvalue weighted by Gasteiger charge is -2.22. The van der Waals surface area contributed by atoms with Crippen molar-refractivity contribution in [1.82, 2.24) is 0 Å². The van der Waals surface area contributed by atoms with Gasteiger partial charge in [-0.25, -0.2) is 0 Å². The fraction of sp³-hybridized carbons (Fsp3) is 0.267. The number of carbonyl (C=O) groups is 1. The molecule has 0 aromatic heterocycles. The van der Waals surface area contributed by atoms with E-state index in [4.69, 9.17) is 0 Å². The van der Waals surface area contributed by atoms with Crippen LogP contribution in [-0.2, 0) is 4.79 Å². The largest absolute Gasteiger partial charge is 0.364 e. The van der Waals surface area contributed by atoms with Gasteiger partial charge in [-0.3, -0.25) is 4.79 Å². The number of amides is 1. The number of nitrogens with one attached hydrogen (secondary N) is 1. The molecule has 0 radical (unpaired) electrons. The van der Waals surface area contributed by atoms with Gasteiger partial charge in [0, 0.05) is 30.9 Å². The van der Waals surface area contributed by atoms with Crippen LogP contribution in [0.1, 0.15) is 13.3 Å². The Kier molecular flexibility index (Phi) is 5.71. The first kappa shape index (κ1) is 14.0. The van der Waals surface area contributed by atoms with E-state index < -0.39 is 0 Å². The maximum Gasteiger partial charge on any atom is 0.224 e. The molecule has 3 nitrogen and oxygen atoms in total. The van der Waals surface area contributed by atoms with E-state index in [0.717, 1.165) is 24.5 Å². The van der Waals surface area contributed by atoms with E-state index in [2.05, 4.69) is 23.4 Å². The van der Waals surface area contributed by atoms with Crippen molar-refractivity contribution >= 4 is 17.3 Å². The molecule has 1 aromatic rings. The fourth-order valence-electron chi connectivity index (χ4n) is 1.63. The third-order valence-corrected chi connectivity index (χ3v) is 2.52. The zero-order chi connectivity index (χ0) is 13.4. The number of nitrogens with zero attached hydrogens (tertiary/aromatic N) is 1. The molecule has 0 fully saturated rings. The second-order valence-corrected chi connectivity index (χ2v) is 3.93. The maximum atomic E-state index is 11.4. The smallest absolute Gasteiger partial charge is 0.224 e. The van der Waals surface area contributed by atoms with Crippen LogP contribution in [0.4, 0.5) is 11.4 Å². The highest BCUT2D eigenvalue weighted by molar-refractivity contribution is 5.91. The lowest BCUT2D eigenvalue weighted by atomic mass is 10.2. The summed E-state index contributed by atoms with van der Waals surface area (Å²) in [5, 5.41) is 2.85. The maximum absolute atomic E-state index is 11.4. The lowest BCUT2D eigenvalue weighted by molar-refractivity contribution is -0.115. The summed E-state index contributed by atoms with van der Waals surface area (Å²) in [6.45, 7) is 10.8. The first-order chi connectivity index (χ1) is 8.71. The van der Waals surface area contributed by atoms with Gasteiger partial charge in [0.15, 0.2) is 0 Å². The van der Waals surface area contributed by atoms with Gasteiger partial charge in [-0.1, -0.05) is 25.1 Å². The molecule has 0 atom stereocenters. The van der Waals surface area contributed by atoms with E-state index in [-0.39, 0.29) is 5.91 Å². The Bertz CT molecular complexity index is 416. The van der Waals surface area contributed by atoms with Crippen LogP contribution >= 0.6 is 0 Å². The van der Waals surface area contributed by atoms with Crippen molar-refractivity contribution in [2.24, 2.45) is 0 Å². The Hall–Kier alpha value is -2.03. The van der Waals surface area contributed by atoms with Crippen molar-refractivity contribution in [3.05, 3.63) is 49.6 Å². The highest BCUT2D eigenvalue weighted by Gasteiger charge is 2.05. The number of hydrogen-bond acceptors (Lipinski definition) is 2. The Morgan fingerprint density at radius 1 is 1.33 bits per heavy atom. The average molecular weight is 244 g/mol. The number of rotatable bonds is 7. The van der Waals surface area contributed by atoms with Crippen LogP contribution < -0.4 is 10.2 Å². The summed E-state index contributed by atoms with van der Waals surface area (Å²) in [6.07, 6.45) is 4.18. The number of hydrogen-bond donors (Lipinski definition) is 1. The van der Waals surface area contributed by atoms with Crippen molar-refractivity contribution < 1.29 is 4.79 Å². The van der Waals surface area contributed by atoms with Crippen LogP contribution in [-0.4, -0.2) is 19.0 Å². The van der Waals surface area contributed by atoms with Crippen molar-refractivity contribution in [2.75, 3.05) is 23.3 Å². The van der Waals surface area contributed by atoms with Gasteiger partial charge in [-0.15, -0.1) is 13.2 Å². The Balaban J connectivity index is 2.87. The van der Waals surface area contributed by atoms with E-state index in [0.29, 0.717) is 6.42 Å². The summed E-state index contributed by atoms with van der Waals surface area (Å²) in [7, 11) is 0. The van der Waals surface area contributed by atoms with Crippen LogP contribution in [0.2, 0.25) is 0 Å². The van der Waals surface area contributed by atoms with E-state index >= 15 is 0 Å². The molecular weight excluding hydrogens is 224 g/mol. The van der Waals surface area contributed by atoms with Crippen molar-refractivity contribution in [3.63, 3.8) is 0 Å². The summed E-state index contributed by atoms with van der Waals surface area (Å²) in [5.74, 6) is 0.0196. The van der Waals surface area contributed by atoms with Crippen LogP contribution in [0, 0.1) is 0 Å². The van der Waals surface area contributed by atoms with Gasteiger partial charge in [-0.2, -0.15) is 0 Å². The molecule has 1 amide bonds. The lowest BCUT2D eigenvalue weighted by Crippen LogP contribution is -2.23. The molecule has 0 aliphatic rings. The molecule has 0 aliphatic heterocycles. The molecule has 1 rings (SSSR count). The van der Waals surface area contributed by atoms with Crippen molar-refractivity contribution in [1.29, 1.82) is 0 Å². The molecule has 0 saturated carbocycles. The van der Waals surface area contributed by atoms with Crippen molar-refractivity contribution in [2.45, 2.75) is 13.3 Å².